The summed E-state index contributed by atoms with van der Waals surface area (Å²) < 4.78 is 30.2. The number of ether oxygens (including phenoxy) is 1. The molecule has 1 aromatic rings. The van der Waals surface area contributed by atoms with Gasteiger partial charge in [0.1, 0.15) is 0 Å². The van der Waals surface area contributed by atoms with E-state index in [1.54, 1.807) is 19.1 Å². The van der Waals surface area contributed by atoms with Crippen LogP contribution in [0, 0.1) is 0 Å². The molecular weight excluding hydrogens is 230 g/mol. The zero-order valence-electron chi connectivity index (χ0n) is 9.06. The first-order valence-electron chi connectivity index (χ1n) is 4.72. The maximum atomic E-state index is 11.6. The van der Waals surface area contributed by atoms with E-state index >= 15 is 0 Å². The van der Waals surface area contributed by atoms with Gasteiger partial charge in [-0.2, -0.15) is 0 Å². The van der Waals surface area contributed by atoms with Gasteiger partial charge in [0.15, 0.2) is 0 Å². The standard InChI is InChI=1S/C10H13NO4S/c1-3-15-10(12)8-6-4-5-7-9(8)16(13,14)11-2/h4-7,11H,3H2,1-2H3. The summed E-state index contributed by atoms with van der Waals surface area (Å²) in [5, 5.41) is 0. The van der Waals surface area contributed by atoms with E-state index in [9.17, 15) is 13.2 Å². The smallest absolute Gasteiger partial charge is 0.339 e. The highest BCUT2D eigenvalue weighted by atomic mass is 32.2. The molecule has 0 saturated heterocycles. The van der Waals surface area contributed by atoms with E-state index in [2.05, 4.69) is 4.72 Å². The lowest BCUT2D eigenvalue weighted by atomic mass is 10.2. The maximum Gasteiger partial charge on any atom is 0.339 e. The van der Waals surface area contributed by atoms with Gasteiger partial charge in [-0.25, -0.2) is 17.9 Å². The van der Waals surface area contributed by atoms with Gasteiger partial charge in [-0.05, 0) is 26.1 Å². The number of rotatable bonds is 4. The van der Waals surface area contributed by atoms with Gasteiger partial charge in [-0.1, -0.05) is 12.1 Å². The van der Waals surface area contributed by atoms with E-state index in [0.29, 0.717) is 0 Å². The monoisotopic (exact) mass is 243 g/mol. The first-order valence-corrected chi connectivity index (χ1v) is 6.21. The van der Waals surface area contributed by atoms with Crippen LogP contribution in [0.4, 0.5) is 0 Å². The van der Waals surface area contributed by atoms with E-state index < -0.39 is 16.0 Å². The fourth-order valence-electron chi connectivity index (χ4n) is 1.19. The van der Waals surface area contributed by atoms with Gasteiger partial charge in [0.2, 0.25) is 10.0 Å². The molecule has 1 aromatic carbocycles. The lowest BCUT2D eigenvalue weighted by molar-refractivity contribution is 0.0522. The van der Waals surface area contributed by atoms with Crippen molar-refractivity contribution in [1.82, 2.24) is 4.72 Å². The first kappa shape index (κ1) is 12.7. The minimum atomic E-state index is -3.64. The molecule has 0 bridgehead atoms. The fraction of sp³-hybridized carbons (Fsp3) is 0.300. The van der Waals surface area contributed by atoms with Crippen LogP contribution in [-0.2, 0) is 14.8 Å². The van der Waals surface area contributed by atoms with E-state index in [1.807, 2.05) is 0 Å². The lowest BCUT2D eigenvalue weighted by Crippen LogP contribution is -2.22. The van der Waals surface area contributed by atoms with E-state index in [0.717, 1.165) is 0 Å². The zero-order valence-corrected chi connectivity index (χ0v) is 9.87. The largest absolute Gasteiger partial charge is 0.462 e. The van der Waals surface area contributed by atoms with Crippen LogP contribution in [0.15, 0.2) is 29.2 Å². The molecule has 0 radical (unpaired) electrons. The Hall–Kier alpha value is -1.40. The summed E-state index contributed by atoms with van der Waals surface area (Å²) in [4.78, 5) is 11.4. The topological polar surface area (TPSA) is 72.5 Å². The fourth-order valence-corrected chi connectivity index (χ4v) is 2.11. The molecule has 1 rings (SSSR count). The van der Waals surface area contributed by atoms with Crippen LogP contribution in [0.5, 0.6) is 0 Å². The Labute approximate surface area is 94.5 Å². The van der Waals surface area contributed by atoms with Gasteiger partial charge in [0.25, 0.3) is 0 Å². The molecule has 0 unspecified atom stereocenters. The van der Waals surface area contributed by atoms with Crippen LogP contribution in [-0.4, -0.2) is 28.0 Å². The van der Waals surface area contributed by atoms with Crippen molar-refractivity contribution in [2.45, 2.75) is 11.8 Å². The predicted molar refractivity (Wildman–Crippen MR) is 58.6 cm³/mol. The quantitative estimate of drug-likeness (QED) is 0.793. The van der Waals surface area contributed by atoms with Crippen molar-refractivity contribution in [3.63, 3.8) is 0 Å². The van der Waals surface area contributed by atoms with Crippen molar-refractivity contribution in [3.8, 4) is 0 Å². The SMILES string of the molecule is CCOC(=O)c1ccccc1S(=O)(=O)NC. The van der Waals surface area contributed by atoms with Crippen LogP contribution in [0.1, 0.15) is 17.3 Å². The molecule has 0 fully saturated rings. The summed E-state index contributed by atoms with van der Waals surface area (Å²) in [5.74, 6) is -0.642. The number of benzene rings is 1. The van der Waals surface area contributed by atoms with Gasteiger partial charge >= 0.3 is 5.97 Å². The van der Waals surface area contributed by atoms with Crippen molar-refractivity contribution in [3.05, 3.63) is 29.8 Å². The summed E-state index contributed by atoms with van der Waals surface area (Å²) >= 11 is 0. The predicted octanol–water partition coefficient (Wildman–Crippen LogP) is 0.771. The minimum absolute atomic E-state index is 0.0405. The number of nitrogens with one attached hydrogen (secondary N) is 1. The van der Waals surface area contributed by atoms with Gasteiger partial charge in [0.05, 0.1) is 17.1 Å². The number of carbonyl (C=O) groups excluding carboxylic acids is 1. The van der Waals surface area contributed by atoms with Crippen molar-refractivity contribution < 1.29 is 17.9 Å². The van der Waals surface area contributed by atoms with Gasteiger partial charge in [0, 0.05) is 0 Å². The van der Waals surface area contributed by atoms with Crippen LogP contribution in [0.2, 0.25) is 0 Å². The second-order valence-electron chi connectivity index (χ2n) is 2.92. The molecule has 0 spiro atoms. The van der Waals surface area contributed by atoms with Crippen molar-refractivity contribution in [2.75, 3.05) is 13.7 Å². The minimum Gasteiger partial charge on any atom is -0.462 e. The average Bonchev–Trinajstić information content (AvgIpc) is 2.29. The maximum absolute atomic E-state index is 11.6. The van der Waals surface area contributed by atoms with Crippen LogP contribution in [0.3, 0.4) is 0 Å². The molecule has 0 aliphatic carbocycles. The Balaban J connectivity index is 3.26. The normalized spacial score (nSPS) is 11.1. The van der Waals surface area contributed by atoms with E-state index in [4.69, 9.17) is 4.74 Å². The Bertz CT molecular complexity index is 481. The second-order valence-corrected chi connectivity index (χ2v) is 4.78. The molecule has 5 nitrogen and oxygen atoms in total. The highest BCUT2D eigenvalue weighted by Crippen LogP contribution is 2.15. The van der Waals surface area contributed by atoms with Gasteiger partial charge in [-0.15, -0.1) is 0 Å². The molecule has 0 heterocycles. The van der Waals surface area contributed by atoms with Crippen LogP contribution < -0.4 is 4.72 Å². The van der Waals surface area contributed by atoms with Gasteiger partial charge in [-0.3, -0.25) is 0 Å². The molecule has 0 aliphatic rings. The molecule has 6 heteroatoms. The molecule has 16 heavy (non-hydrogen) atoms. The number of esters is 1. The molecule has 0 amide bonds. The summed E-state index contributed by atoms with van der Waals surface area (Å²) in [6.07, 6.45) is 0. The Kier molecular flexibility index (Phi) is 4.03. The van der Waals surface area contributed by atoms with Gasteiger partial charge < -0.3 is 4.74 Å². The summed E-state index contributed by atoms with van der Waals surface area (Å²) in [6, 6.07) is 5.91. The number of hydrogen-bond donors (Lipinski definition) is 1. The highest BCUT2D eigenvalue weighted by Gasteiger charge is 2.20. The molecule has 88 valence electrons. The highest BCUT2D eigenvalue weighted by molar-refractivity contribution is 7.89. The molecule has 1 N–H and O–H groups in total. The number of sulfonamides is 1. The lowest BCUT2D eigenvalue weighted by Gasteiger charge is -2.08. The van der Waals surface area contributed by atoms with Crippen molar-refractivity contribution in [2.24, 2.45) is 0 Å². The van der Waals surface area contributed by atoms with Crippen molar-refractivity contribution in [1.29, 1.82) is 0 Å². The Morgan fingerprint density at radius 2 is 2.00 bits per heavy atom. The van der Waals surface area contributed by atoms with E-state index in [1.165, 1.54) is 19.2 Å². The van der Waals surface area contributed by atoms with E-state index in [-0.39, 0.29) is 17.1 Å². The molecule has 0 saturated carbocycles. The van der Waals surface area contributed by atoms with Crippen molar-refractivity contribution >= 4 is 16.0 Å². The average molecular weight is 243 g/mol. The summed E-state index contributed by atoms with van der Waals surface area (Å²) in [7, 11) is -2.35. The first-order chi connectivity index (χ1) is 7.53. The molecule has 0 aromatic heterocycles. The third kappa shape index (κ3) is 2.59. The molecular formula is C10H13NO4S. The Morgan fingerprint density at radius 3 is 2.56 bits per heavy atom. The molecule has 0 atom stereocenters. The zero-order chi connectivity index (χ0) is 12.2. The summed E-state index contributed by atoms with van der Waals surface area (Å²) in [6.45, 7) is 1.86. The number of hydrogen-bond acceptors (Lipinski definition) is 4. The molecule has 0 aliphatic heterocycles. The van der Waals surface area contributed by atoms with Crippen LogP contribution >= 0.6 is 0 Å². The third-order valence-electron chi connectivity index (χ3n) is 1.94. The third-order valence-corrected chi connectivity index (χ3v) is 3.41. The second kappa shape index (κ2) is 5.09. The summed E-state index contributed by atoms with van der Waals surface area (Å²) in [5.41, 5.74) is 0.0405. The number of carbonyl (C=O) groups is 1. The Morgan fingerprint density at radius 1 is 1.38 bits per heavy atom. The van der Waals surface area contributed by atoms with Crippen LogP contribution in [0.25, 0.3) is 0 Å².